The van der Waals surface area contributed by atoms with Crippen LogP contribution in [0.5, 0.6) is 0 Å². The monoisotopic (exact) mass is 452 g/mol. The molecule has 0 bridgehead atoms. The third-order valence-electron chi connectivity index (χ3n) is 5.14. The van der Waals surface area contributed by atoms with Crippen LogP contribution in [0, 0.1) is 5.82 Å². The Bertz CT molecular complexity index is 1030. The first-order chi connectivity index (χ1) is 13.9. The number of carbonyl (C=O) groups is 1. The van der Waals surface area contributed by atoms with E-state index in [2.05, 4.69) is 15.7 Å². The van der Waals surface area contributed by atoms with Gasteiger partial charge in [0.05, 0.1) is 21.8 Å². The molecule has 4 rings (SSSR count). The first-order valence-electron chi connectivity index (χ1n) is 9.18. The molecule has 0 unspecified atom stereocenters. The van der Waals surface area contributed by atoms with Crippen LogP contribution in [0.3, 0.4) is 0 Å². The molecule has 29 heavy (non-hydrogen) atoms. The maximum absolute atomic E-state index is 13.7. The van der Waals surface area contributed by atoms with Gasteiger partial charge in [0.2, 0.25) is 0 Å². The molecule has 3 aromatic rings. The van der Waals surface area contributed by atoms with Gasteiger partial charge in [0, 0.05) is 31.1 Å². The first-order valence-corrected chi connectivity index (χ1v) is 10.8. The Hall–Kier alpha value is -1.93. The van der Waals surface area contributed by atoms with Crippen molar-refractivity contribution in [3.05, 3.63) is 62.1 Å². The van der Waals surface area contributed by atoms with Crippen LogP contribution in [0.1, 0.15) is 27.6 Å². The molecule has 1 amide bonds. The molecule has 0 aliphatic carbocycles. The summed E-state index contributed by atoms with van der Waals surface area (Å²) in [6, 6.07) is 8.16. The van der Waals surface area contributed by atoms with E-state index in [1.165, 1.54) is 17.4 Å². The zero-order valence-electron chi connectivity index (χ0n) is 15.6. The van der Waals surface area contributed by atoms with Crippen molar-refractivity contribution in [3.8, 4) is 11.3 Å². The summed E-state index contributed by atoms with van der Waals surface area (Å²) in [6.45, 7) is 1.44. The predicted octanol–water partition coefficient (Wildman–Crippen LogP) is 4.47. The molecule has 1 fully saturated rings. The smallest absolute Gasteiger partial charge is 0.261 e. The van der Waals surface area contributed by atoms with Crippen molar-refractivity contribution in [3.63, 3.8) is 0 Å². The van der Waals surface area contributed by atoms with E-state index in [1.807, 2.05) is 6.07 Å². The topological polar surface area (TPSA) is 59.0 Å². The van der Waals surface area contributed by atoms with Crippen LogP contribution >= 0.6 is 34.5 Å². The molecule has 5 nitrogen and oxygen atoms in total. The van der Waals surface area contributed by atoms with Gasteiger partial charge in [-0.3, -0.25) is 9.48 Å². The number of halogens is 3. The average Bonchev–Trinajstić information content (AvgIpc) is 3.23. The van der Waals surface area contributed by atoms with Gasteiger partial charge in [-0.15, -0.1) is 11.3 Å². The number of amides is 1. The lowest BCUT2D eigenvalue weighted by Gasteiger charge is -2.33. The second-order valence-electron chi connectivity index (χ2n) is 7.00. The first kappa shape index (κ1) is 20.3. The van der Waals surface area contributed by atoms with Crippen molar-refractivity contribution in [2.75, 3.05) is 13.1 Å². The molecule has 1 aliphatic heterocycles. The van der Waals surface area contributed by atoms with Crippen LogP contribution in [-0.4, -0.2) is 34.8 Å². The standard InChI is InChI=1S/C20H19Cl2FN4OS/c1-27-18(15(21)9-25-27)14-8-17(29-19(14)22)20(28)26-16-10-24-6-5-13(16)11-3-2-4-12(23)7-11/h2-4,7-9,13,16,24H,5-6,10H2,1H3,(H,26,28)/t13-,16+/m0/s1. The fourth-order valence-electron chi connectivity index (χ4n) is 3.74. The summed E-state index contributed by atoms with van der Waals surface area (Å²) in [5.74, 6) is -0.442. The highest BCUT2D eigenvalue weighted by Gasteiger charge is 2.29. The number of piperidine rings is 1. The van der Waals surface area contributed by atoms with E-state index in [9.17, 15) is 9.18 Å². The van der Waals surface area contributed by atoms with Crippen molar-refractivity contribution in [1.82, 2.24) is 20.4 Å². The molecule has 1 saturated heterocycles. The lowest BCUT2D eigenvalue weighted by molar-refractivity contribution is 0.0928. The van der Waals surface area contributed by atoms with Crippen molar-refractivity contribution in [2.45, 2.75) is 18.4 Å². The Morgan fingerprint density at radius 3 is 2.93 bits per heavy atom. The van der Waals surface area contributed by atoms with E-state index >= 15 is 0 Å². The lowest BCUT2D eigenvalue weighted by Crippen LogP contribution is -2.49. The van der Waals surface area contributed by atoms with Gasteiger partial charge in [-0.1, -0.05) is 35.3 Å². The normalized spacial score (nSPS) is 19.3. The average molecular weight is 453 g/mol. The number of rotatable bonds is 4. The zero-order chi connectivity index (χ0) is 20.5. The summed E-state index contributed by atoms with van der Waals surface area (Å²) in [5.41, 5.74) is 2.24. The number of thiophene rings is 1. The maximum Gasteiger partial charge on any atom is 0.261 e. The molecule has 3 heterocycles. The number of hydrogen-bond acceptors (Lipinski definition) is 4. The molecular weight excluding hydrogens is 434 g/mol. The van der Waals surface area contributed by atoms with Gasteiger partial charge in [0.15, 0.2) is 0 Å². The highest BCUT2D eigenvalue weighted by Crippen LogP contribution is 2.38. The Labute approximate surface area is 181 Å². The van der Waals surface area contributed by atoms with Gasteiger partial charge in [0.25, 0.3) is 5.91 Å². The Balaban J connectivity index is 1.56. The number of benzene rings is 1. The minimum absolute atomic E-state index is 0.0392. The number of aryl methyl sites for hydroxylation is 1. The van der Waals surface area contributed by atoms with Gasteiger partial charge < -0.3 is 10.6 Å². The molecule has 9 heteroatoms. The molecular formula is C20H19Cl2FN4OS. The van der Waals surface area contributed by atoms with E-state index in [4.69, 9.17) is 23.2 Å². The van der Waals surface area contributed by atoms with E-state index in [0.717, 1.165) is 18.5 Å². The quantitative estimate of drug-likeness (QED) is 0.613. The van der Waals surface area contributed by atoms with Crippen LogP contribution in [-0.2, 0) is 7.05 Å². The number of nitrogens with zero attached hydrogens (tertiary/aromatic N) is 2. The fourth-order valence-corrected chi connectivity index (χ4v) is 5.19. The number of carbonyl (C=O) groups excluding carboxylic acids is 1. The molecule has 0 saturated carbocycles. The number of aromatic nitrogens is 2. The third-order valence-corrected chi connectivity index (χ3v) is 6.77. The highest BCUT2D eigenvalue weighted by atomic mass is 35.5. The number of hydrogen-bond donors (Lipinski definition) is 2. The van der Waals surface area contributed by atoms with Crippen molar-refractivity contribution < 1.29 is 9.18 Å². The van der Waals surface area contributed by atoms with Crippen LogP contribution in [0.25, 0.3) is 11.3 Å². The van der Waals surface area contributed by atoms with E-state index in [1.54, 1.807) is 36.1 Å². The largest absolute Gasteiger partial charge is 0.347 e. The Kier molecular flexibility index (Phi) is 5.92. The molecule has 0 radical (unpaired) electrons. The summed E-state index contributed by atoms with van der Waals surface area (Å²) in [7, 11) is 1.77. The van der Waals surface area contributed by atoms with Crippen LogP contribution in [0.15, 0.2) is 36.5 Å². The van der Waals surface area contributed by atoms with Gasteiger partial charge in [-0.2, -0.15) is 5.10 Å². The minimum Gasteiger partial charge on any atom is -0.347 e. The summed E-state index contributed by atoms with van der Waals surface area (Å²) in [5, 5.41) is 11.0. The van der Waals surface area contributed by atoms with Gasteiger partial charge in [0.1, 0.15) is 10.2 Å². The van der Waals surface area contributed by atoms with Gasteiger partial charge >= 0.3 is 0 Å². The van der Waals surface area contributed by atoms with Crippen LogP contribution in [0.2, 0.25) is 9.36 Å². The Morgan fingerprint density at radius 1 is 1.38 bits per heavy atom. The zero-order valence-corrected chi connectivity index (χ0v) is 17.9. The molecule has 0 spiro atoms. The molecule has 152 valence electrons. The maximum atomic E-state index is 13.7. The second kappa shape index (κ2) is 8.44. The molecule has 2 N–H and O–H groups in total. The lowest BCUT2D eigenvalue weighted by atomic mass is 9.86. The summed E-state index contributed by atoms with van der Waals surface area (Å²) >= 11 is 13.8. The van der Waals surface area contributed by atoms with Gasteiger partial charge in [-0.05, 0) is 36.7 Å². The van der Waals surface area contributed by atoms with Crippen molar-refractivity contribution in [1.29, 1.82) is 0 Å². The molecule has 1 aromatic carbocycles. The second-order valence-corrected chi connectivity index (χ2v) is 9.06. The van der Waals surface area contributed by atoms with E-state index in [-0.39, 0.29) is 23.7 Å². The van der Waals surface area contributed by atoms with Crippen LogP contribution < -0.4 is 10.6 Å². The Morgan fingerprint density at radius 2 is 2.21 bits per heavy atom. The highest BCUT2D eigenvalue weighted by molar-refractivity contribution is 7.18. The van der Waals surface area contributed by atoms with Crippen molar-refractivity contribution in [2.24, 2.45) is 7.05 Å². The number of nitrogens with one attached hydrogen (secondary N) is 2. The van der Waals surface area contributed by atoms with Crippen LogP contribution in [0.4, 0.5) is 4.39 Å². The predicted molar refractivity (Wildman–Crippen MR) is 114 cm³/mol. The third kappa shape index (κ3) is 4.19. The fraction of sp³-hybridized carbons (Fsp3) is 0.300. The summed E-state index contributed by atoms with van der Waals surface area (Å²) in [4.78, 5) is 13.4. The summed E-state index contributed by atoms with van der Waals surface area (Å²) < 4.78 is 15.8. The van der Waals surface area contributed by atoms with E-state index in [0.29, 0.717) is 32.0 Å². The molecule has 2 atom stereocenters. The van der Waals surface area contributed by atoms with Crippen molar-refractivity contribution >= 4 is 40.4 Å². The minimum atomic E-state index is -0.270. The molecule has 1 aliphatic rings. The van der Waals surface area contributed by atoms with Gasteiger partial charge in [-0.25, -0.2) is 4.39 Å². The SMILES string of the molecule is Cn1ncc(Cl)c1-c1cc(C(=O)N[C@@H]2CNCC[C@H]2c2cccc(F)c2)sc1Cl. The molecule has 2 aromatic heterocycles. The summed E-state index contributed by atoms with van der Waals surface area (Å²) in [6.07, 6.45) is 2.36. The van der Waals surface area contributed by atoms with E-state index < -0.39 is 0 Å².